The number of nitrogens with zero attached hydrogens (tertiary/aromatic N) is 1. The summed E-state index contributed by atoms with van der Waals surface area (Å²) in [6.07, 6.45) is 0. The van der Waals surface area contributed by atoms with Gasteiger partial charge in [0.15, 0.2) is 5.75 Å². The van der Waals surface area contributed by atoms with Crippen LogP contribution in [0.3, 0.4) is 0 Å². The molecule has 4 aromatic carbocycles. The highest BCUT2D eigenvalue weighted by molar-refractivity contribution is 6.98. The third kappa shape index (κ3) is 3.48. The lowest BCUT2D eigenvalue weighted by molar-refractivity contribution is 0.481. The van der Waals surface area contributed by atoms with Crippen LogP contribution in [0.25, 0.3) is 21.9 Å². The van der Waals surface area contributed by atoms with E-state index >= 15 is 0 Å². The molecule has 8 rings (SSSR count). The Hall–Kier alpha value is -4.38. The monoisotopic (exact) mass is 537 g/mol. The van der Waals surface area contributed by atoms with Gasteiger partial charge in [-0.3, -0.25) is 0 Å². The van der Waals surface area contributed by atoms with Crippen LogP contribution in [0.15, 0.2) is 93.8 Å². The van der Waals surface area contributed by atoms with Gasteiger partial charge in [-0.2, -0.15) is 0 Å². The van der Waals surface area contributed by atoms with Gasteiger partial charge in [0.1, 0.15) is 28.2 Å². The van der Waals surface area contributed by atoms with Crippen molar-refractivity contribution >= 4 is 62.5 Å². The van der Waals surface area contributed by atoms with Crippen LogP contribution in [-0.4, -0.2) is 6.71 Å². The molecule has 6 aromatic rings. The topological polar surface area (TPSA) is 38.8 Å². The zero-order chi connectivity index (χ0) is 28.3. The minimum atomic E-state index is -0.220. The highest BCUT2D eigenvalue weighted by atomic mass is 16.5. The lowest BCUT2D eigenvalue weighted by Crippen LogP contribution is -2.58. The first-order chi connectivity index (χ1) is 19.6. The second-order valence-corrected chi connectivity index (χ2v) is 13.4. The predicted molar refractivity (Wildman–Crippen MR) is 169 cm³/mol. The fourth-order valence-electron chi connectivity index (χ4n) is 6.43. The van der Waals surface area contributed by atoms with E-state index in [1.165, 1.54) is 11.1 Å². The van der Waals surface area contributed by atoms with Crippen LogP contribution in [0.4, 0.5) is 17.1 Å². The summed E-state index contributed by atoms with van der Waals surface area (Å²) in [5.41, 5.74) is 10.3. The maximum Gasteiger partial charge on any atom is 0.346 e. The summed E-state index contributed by atoms with van der Waals surface area (Å²) >= 11 is 0. The van der Waals surface area contributed by atoms with Gasteiger partial charge in [0.2, 0.25) is 0 Å². The minimum Gasteiger partial charge on any atom is -0.468 e. The third-order valence-corrected chi connectivity index (χ3v) is 8.65. The molecule has 0 unspecified atom stereocenters. The van der Waals surface area contributed by atoms with Crippen molar-refractivity contribution in [2.45, 2.75) is 52.4 Å². The van der Waals surface area contributed by atoms with E-state index in [1.54, 1.807) is 0 Å². The van der Waals surface area contributed by atoms with Crippen molar-refractivity contribution in [2.75, 3.05) is 4.90 Å². The molecule has 5 heteroatoms. The average Bonchev–Trinajstić information content (AvgIpc) is 3.50. The van der Waals surface area contributed by atoms with E-state index in [0.29, 0.717) is 0 Å². The van der Waals surface area contributed by atoms with Crippen LogP contribution < -0.4 is 26.4 Å². The number of fused-ring (bicyclic) bond motifs is 8. The average molecular weight is 537 g/mol. The Balaban J connectivity index is 1.41. The first-order valence-corrected chi connectivity index (χ1v) is 14.4. The van der Waals surface area contributed by atoms with E-state index in [2.05, 4.69) is 125 Å². The zero-order valence-corrected chi connectivity index (χ0v) is 24.3. The minimum absolute atomic E-state index is 0.0118. The maximum absolute atomic E-state index is 6.74. The second kappa shape index (κ2) is 8.10. The molecule has 2 aliphatic rings. The fourth-order valence-corrected chi connectivity index (χ4v) is 6.43. The molecule has 4 heterocycles. The second-order valence-electron chi connectivity index (χ2n) is 13.4. The number of rotatable bonds is 1. The lowest BCUT2D eigenvalue weighted by atomic mass is 9.38. The van der Waals surface area contributed by atoms with E-state index < -0.39 is 0 Å². The molecule has 0 aliphatic carbocycles. The normalized spacial score (nSPS) is 14.2. The first-order valence-electron chi connectivity index (χ1n) is 14.4. The zero-order valence-electron chi connectivity index (χ0n) is 24.3. The van der Waals surface area contributed by atoms with E-state index in [-0.39, 0.29) is 17.5 Å². The van der Waals surface area contributed by atoms with Crippen LogP contribution in [0.2, 0.25) is 0 Å². The predicted octanol–water partition coefficient (Wildman–Crippen LogP) is 8.18. The van der Waals surface area contributed by atoms with Gasteiger partial charge in [0.05, 0.1) is 11.1 Å². The Labute approximate surface area is 240 Å². The van der Waals surface area contributed by atoms with E-state index in [0.717, 1.165) is 67.3 Å². The summed E-state index contributed by atoms with van der Waals surface area (Å²) in [6, 6.07) is 30.0. The standard InChI is InChI=1S/C36H32BNO3/c1-35(2,3)21-14-17-23(18-15-21)38-26-11-9-13-29-30(26)37(33-31(38)24-10-7-8-12-27(24)40-33)34-32(39-29)25-20-22(36(4,5)6)16-19-28(25)41-34/h7-20H,1-6H3. The molecule has 0 atom stereocenters. The Bertz CT molecular complexity index is 2000. The highest BCUT2D eigenvalue weighted by Crippen LogP contribution is 2.46. The summed E-state index contributed by atoms with van der Waals surface area (Å²) in [6.45, 7) is 13.2. The quantitative estimate of drug-likeness (QED) is 0.198. The summed E-state index contributed by atoms with van der Waals surface area (Å²) in [7, 11) is 0. The lowest BCUT2D eigenvalue weighted by Gasteiger charge is -2.36. The molecule has 2 aromatic heterocycles. The van der Waals surface area contributed by atoms with Gasteiger partial charge in [0.25, 0.3) is 0 Å². The van der Waals surface area contributed by atoms with Crippen LogP contribution in [-0.2, 0) is 10.8 Å². The fraction of sp³-hybridized carbons (Fsp3) is 0.222. The summed E-state index contributed by atoms with van der Waals surface area (Å²) in [5, 5.41) is 2.08. The number of anilines is 3. The Morgan fingerprint density at radius 2 is 1.32 bits per heavy atom. The Morgan fingerprint density at radius 3 is 2.07 bits per heavy atom. The van der Waals surface area contributed by atoms with Gasteiger partial charge in [-0.05, 0) is 70.5 Å². The van der Waals surface area contributed by atoms with E-state index in [9.17, 15) is 0 Å². The number of hydrogen-bond donors (Lipinski definition) is 0. The highest BCUT2D eigenvalue weighted by Gasteiger charge is 2.48. The van der Waals surface area contributed by atoms with Crippen LogP contribution >= 0.6 is 0 Å². The van der Waals surface area contributed by atoms with Gasteiger partial charge >= 0.3 is 6.71 Å². The molecular weight excluding hydrogens is 505 g/mol. The van der Waals surface area contributed by atoms with Crippen molar-refractivity contribution in [3.8, 4) is 11.5 Å². The molecule has 0 amide bonds. The molecule has 41 heavy (non-hydrogen) atoms. The molecule has 0 N–H and O–H groups in total. The number of ether oxygens (including phenoxy) is 1. The summed E-state index contributed by atoms with van der Waals surface area (Å²) in [4.78, 5) is 2.33. The van der Waals surface area contributed by atoms with E-state index in [4.69, 9.17) is 13.6 Å². The summed E-state index contributed by atoms with van der Waals surface area (Å²) < 4.78 is 20.1. The molecular formula is C36H32BNO3. The van der Waals surface area contributed by atoms with Crippen molar-refractivity contribution in [3.05, 3.63) is 96.1 Å². The number of benzene rings is 4. The molecule has 0 saturated heterocycles. The van der Waals surface area contributed by atoms with Crippen molar-refractivity contribution in [3.63, 3.8) is 0 Å². The molecule has 0 spiro atoms. The van der Waals surface area contributed by atoms with Crippen molar-refractivity contribution in [1.82, 2.24) is 0 Å². The van der Waals surface area contributed by atoms with Gasteiger partial charge < -0.3 is 18.5 Å². The van der Waals surface area contributed by atoms with Crippen LogP contribution in [0.5, 0.6) is 11.5 Å². The largest absolute Gasteiger partial charge is 0.468 e. The van der Waals surface area contributed by atoms with Crippen molar-refractivity contribution < 1.29 is 13.6 Å². The van der Waals surface area contributed by atoms with Gasteiger partial charge in [-0.1, -0.05) is 77.9 Å². The van der Waals surface area contributed by atoms with Crippen LogP contribution in [0.1, 0.15) is 52.7 Å². The molecule has 2 aliphatic heterocycles. The van der Waals surface area contributed by atoms with Gasteiger partial charge in [-0.15, -0.1) is 0 Å². The Morgan fingerprint density at radius 1 is 0.634 bits per heavy atom. The van der Waals surface area contributed by atoms with Crippen molar-refractivity contribution in [1.29, 1.82) is 0 Å². The smallest absolute Gasteiger partial charge is 0.346 e. The van der Waals surface area contributed by atoms with Gasteiger partial charge in [-0.25, -0.2) is 0 Å². The Kier molecular flexibility index (Phi) is 4.82. The van der Waals surface area contributed by atoms with Crippen molar-refractivity contribution in [2.24, 2.45) is 0 Å². The SMILES string of the molecule is CC(C)(C)c1ccc(N2c3cccc4c3B(c3oc5ccc(C(C)(C)C)cc5c3O4)c3oc4ccccc4c32)cc1. The maximum atomic E-state index is 6.74. The molecule has 0 radical (unpaired) electrons. The number of hydrogen-bond acceptors (Lipinski definition) is 4. The third-order valence-electron chi connectivity index (χ3n) is 8.65. The van der Waals surface area contributed by atoms with Crippen LogP contribution in [0, 0.1) is 0 Å². The molecule has 4 nitrogen and oxygen atoms in total. The van der Waals surface area contributed by atoms with Gasteiger partial charge in [0, 0.05) is 22.2 Å². The van der Waals surface area contributed by atoms with E-state index in [1.807, 2.05) is 6.07 Å². The molecule has 0 saturated carbocycles. The summed E-state index contributed by atoms with van der Waals surface area (Å²) in [5.74, 6) is 1.63. The number of para-hydroxylation sites is 1. The first kappa shape index (κ1) is 24.4. The molecule has 0 fully saturated rings. The molecule has 0 bridgehead atoms. The number of furan rings is 2. The molecule has 202 valence electrons.